The van der Waals surface area contributed by atoms with Crippen molar-refractivity contribution in [3.63, 3.8) is 0 Å². The Kier molecular flexibility index (Phi) is 5.56. The number of benzene rings is 2. The van der Waals surface area contributed by atoms with Gasteiger partial charge in [-0.3, -0.25) is 9.59 Å². The van der Waals surface area contributed by atoms with Crippen molar-refractivity contribution in [3.8, 4) is 0 Å². The Morgan fingerprint density at radius 1 is 1.19 bits per heavy atom. The SMILES string of the molecule is Cc1ccc(N2CC(C(=O)Nc3c(C)cccc3C(C)C)CC2=O)cc1Cl. The second kappa shape index (κ2) is 7.73. The molecule has 2 aromatic carbocycles. The van der Waals surface area contributed by atoms with Crippen molar-refractivity contribution < 1.29 is 9.59 Å². The van der Waals surface area contributed by atoms with Crippen LogP contribution in [0.5, 0.6) is 0 Å². The predicted molar refractivity (Wildman–Crippen MR) is 111 cm³/mol. The number of halogens is 1. The lowest BCUT2D eigenvalue weighted by Crippen LogP contribution is -2.28. The molecule has 1 fully saturated rings. The molecule has 3 rings (SSSR count). The van der Waals surface area contributed by atoms with Crippen molar-refractivity contribution in [2.24, 2.45) is 5.92 Å². The molecule has 1 heterocycles. The van der Waals surface area contributed by atoms with E-state index in [4.69, 9.17) is 11.6 Å². The van der Waals surface area contributed by atoms with Gasteiger partial charge in [0, 0.05) is 29.4 Å². The standard InChI is InChI=1S/C22H25ClN2O2/c1-13(2)18-7-5-6-15(4)21(18)24-22(27)16-10-20(26)25(12-16)17-9-8-14(3)19(23)11-17/h5-9,11,13,16H,10,12H2,1-4H3,(H,24,27). The number of rotatable bonds is 4. The van der Waals surface area contributed by atoms with Crippen molar-refractivity contribution >= 4 is 34.8 Å². The fourth-order valence-corrected chi connectivity index (χ4v) is 3.62. The van der Waals surface area contributed by atoms with Gasteiger partial charge in [0.05, 0.1) is 5.92 Å². The molecule has 0 radical (unpaired) electrons. The van der Waals surface area contributed by atoms with E-state index in [9.17, 15) is 9.59 Å². The zero-order valence-corrected chi connectivity index (χ0v) is 16.9. The summed E-state index contributed by atoms with van der Waals surface area (Å²) in [6.07, 6.45) is 0.209. The van der Waals surface area contributed by atoms with Crippen molar-refractivity contribution in [3.05, 3.63) is 58.1 Å². The average molecular weight is 385 g/mol. The molecule has 2 aromatic rings. The molecule has 27 heavy (non-hydrogen) atoms. The maximum Gasteiger partial charge on any atom is 0.229 e. The quantitative estimate of drug-likeness (QED) is 0.799. The first kappa shape index (κ1) is 19.4. The van der Waals surface area contributed by atoms with Crippen LogP contribution < -0.4 is 10.2 Å². The third kappa shape index (κ3) is 4.01. The minimum absolute atomic E-state index is 0.0519. The Hall–Kier alpha value is -2.33. The van der Waals surface area contributed by atoms with E-state index >= 15 is 0 Å². The second-order valence-electron chi connectivity index (χ2n) is 7.52. The number of carbonyl (C=O) groups is 2. The van der Waals surface area contributed by atoms with Crippen LogP contribution >= 0.6 is 11.6 Å². The summed E-state index contributed by atoms with van der Waals surface area (Å²) in [6.45, 7) is 8.48. The molecule has 5 heteroatoms. The molecule has 1 aliphatic heterocycles. The zero-order valence-electron chi connectivity index (χ0n) is 16.2. The van der Waals surface area contributed by atoms with Crippen LogP contribution in [0.15, 0.2) is 36.4 Å². The molecule has 0 bridgehead atoms. The second-order valence-corrected chi connectivity index (χ2v) is 7.93. The van der Waals surface area contributed by atoms with Crippen LogP contribution in [0.2, 0.25) is 5.02 Å². The number of nitrogens with one attached hydrogen (secondary N) is 1. The van der Waals surface area contributed by atoms with Crippen molar-refractivity contribution in [1.82, 2.24) is 0 Å². The first-order valence-electron chi connectivity index (χ1n) is 9.24. The Balaban J connectivity index is 1.78. The van der Waals surface area contributed by atoms with Crippen LogP contribution in [-0.2, 0) is 9.59 Å². The van der Waals surface area contributed by atoms with Gasteiger partial charge in [-0.25, -0.2) is 0 Å². The Bertz CT molecular complexity index is 892. The number of hydrogen-bond donors (Lipinski definition) is 1. The molecule has 1 unspecified atom stereocenters. The monoisotopic (exact) mass is 384 g/mol. The van der Waals surface area contributed by atoms with Crippen LogP contribution in [0.25, 0.3) is 0 Å². The number of hydrogen-bond acceptors (Lipinski definition) is 2. The van der Waals surface area contributed by atoms with E-state index < -0.39 is 0 Å². The average Bonchev–Trinajstić information content (AvgIpc) is 3.00. The van der Waals surface area contributed by atoms with Gasteiger partial charge >= 0.3 is 0 Å². The maximum absolute atomic E-state index is 12.9. The highest BCUT2D eigenvalue weighted by atomic mass is 35.5. The van der Waals surface area contributed by atoms with E-state index in [-0.39, 0.29) is 24.2 Å². The summed E-state index contributed by atoms with van der Waals surface area (Å²) >= 11 is 6.19. The minimum Gasteiger partial charge on any atom is -0.325 e. The molecular formula is C22H25ClN2O2. The third-order valence-corrected chi connectivity index (χ3v) is 5.55. The number of carbonyl (C=O) groups excluding carboxylic acids is 2. The summed E-state index contributed by atoms with van der Waals surface area (Å²) in [5.74, 6) is -0.238. The van der Waals surface area contributed by atoms with Crippen molar-refractivity contribution in [2.75, 3.05) is 16.8 Å². The van der Waals surface area contributed by atoms with E-state index in [1.54, 1.807) is 11.0 Å². The van der Waals surface area contributed by atoms with Crippen LogP contribution in [0.1, 0.15) is 42.9 Å². The molecule has 1 saturated heterocycles. The van der Waals surface area contributed by atoms with E-state index in [1.807, 2.05) is 44.2 Å². The fourth-order valence-electron chi connectivity index (χ4n) is 3.45. The van der Waals surface area contributed by atoms with Gasteiger partial charge in [0.2, 0.25) is 11.8 Å². The number of amides is 2. The molecule has 0 saturated carbocycles. The summed E-state index contributed by atoms with van der Waals surface area (Å²) in [6, 6.07) is 11.6. The minimum atomic E-state index is -0.378. The smallest absolute Gasteiger partial charge is 0.229 e. The fraction of sp³-hybridized carbons (Fsp3) is 0.364. The van der Waals surface area contributed by atoms with Gasteiger partial charge in [0.25, 0.3) is 0 Å². The number of para-hydroxylation sites is 1. The summed E-state index contributed by atoms with van der Waals surface area (Å²) in [4.78, 5) is 27.0. The van der Waals surface area contributed by atoms with E-state index in [0.717, 1.165) is 28.1 Å². The summed E-state index contributed by atoms with van der Waals surface area (Å²) in [7, 11) is 0. The first-order chi connectivity index (χ1) is 12.8. The molecule has 1 aliphatic rings. The highest BCUT2D eigenvalue weighted by Gasteiger charge is 2.35. The van der Waals surface area contributed by atoms with Gasteiger partial charge in [-0.1, -0.05) is 49.7 Å². The van der Waals surface area contributed by atoms with E-state index in [1.165, 1.54) is 0 Å². The highest BCUT2D eigenvalue weighted by molar-refractivity contribution is 6.31. The molecule has 1 N–H and O–H groups in total. The van der Waals surface area contributed by atoms with Gasteiger partial charge in [-0.2, -0.15) is 0 Å². The largest absolute Gasteiger partial charge is 0.325 e. The lowest BCUT2D eigenvalue weighted by atomic mass is 9.97. The van der Waals surface area contributed by atoms with Gasteiger partial charge in [0.1, 0.15) is 0 Å². The van der Waals surface area contributed by atoms with Gasteiger partial charge in [-0.15, -0.1) is 0 Å². The Morgan fingerprint density at radius 2 is 1.93 bits per heavy atom. The number of nitrogens with zero attached hydrogens (tertiary/aromatic N) is 1. The van der Waals surface area contributed by atoms with Crippen LogP contribution in [-0.4, -0.2) is 18.4 Å². The van der Waals surface area contributed by atoms with E-state index in [2.05, 4.69) is 19.2 Å². The van der Waals surface area contributed by atoms with Crippen molar-refractivity contribution in [2.45, 2.75) is 40.0 Å². The Labute approximate surface area is 165 Å². The van der Waals surface area contributed by atoms with Gasteiger partial charge in [-0.05, 0) is 48.6 Å². The van der Waals surface area contributed by atoms with Crippen LogP contribution in [0, 0.1) is 19.8 Å². The van der Waals surface area contributed by atoms with E-state index in [0.29, 0.717) is 17.5 Å². The molecule has 1 atom stereocenters. The molecule has 0 spiro atoms. The molecule has 0 aromatic heterocycles. The predicted octanol–water partition coefficient (Wildman–Crippen LogP) is 5.07. The summed E-state index contributed by atoms with van der Waals surface area (Å²) in [5, 5.41) is 3.69. The summed E-state index contributed by atoms with van der Waals surface area (Å²) in [5.41, 5.74) is 4.70. The van der Waals surface area contributed by atoms with Crippen LogP contribution in [0.4, 0.5) is 11.4 Å². The summed E-state index contributed by atoms with van der Waals surface area (Å²) < 4.78 is 0. The lowest BCUT2D eigenvalue weighted by molar-refractivity contribution is -0.122. The van der Waals surface area contributed by atoms with Gasteiger partial charge < -0.3 is 10.2 Å². The topological polar surface area (TPSA) is 49.4 Å². The zero-order chi connectivity index (χ0) is 19.7. The maximum atomic E-state index is 12.9. The normalized spacial score (nSPS) is 16.9. The third-order valence-electron chi connectivity index (χ3n) is 5.14. The molecular weight excluding hydrogens is 360 g/mol. The van der Waals surface area contributed by atoms with Gasteiger partial charge in [0.15, 0.2) is 0 Å². The molecule has 0 aliphatic carbocycles. The highest BCUT2D eigenvalue weighted by Crippen LogP contribution is 2.31. The van der Waals surface area contributed by atoms with Crippen molar-refractivity contribution in [1.29, 1.82) is 0 Å². The lowest BCUT2D eigenvalue weighted by Gasteiger charge is -2.19. The Morgan fingerprint density at radius 3 is 2.59 bits per heavy atom. The first-order valence-corrected chi connectivity index (χ1v) is 9.62. The number of anilines is 2. The molecule has 4 nitrogen and oxygen atoms in total. The van der Waals surface area contributed by atoms with Crippen LogP contribution in [0.3, 0.4) is 0 Å². The molecule has 142 valence electrons. The molecule has 2 amide bonds. The number of aryl methyl sites for hydroxylation is 2.